The molecule has 0 saturated carbocycles. The highest BCUT2D eigenvalue weighted by Crippen LogP contribution is 2.24. The summed E-state index contributed by atoms with van der Waals surface area (Å²) in [5.74, 6) is -0.334. The van der Waals surface area contributed by atoms with Crippen LogP contribution in [0.2, 0.25) is 0 Å². The van der Waals surface area contributed by atoms with Gasteiger partial charge in [-0.2, -0.15) is 9.61 Å². The number of nitrogens with zero attached hydrogens (tertiary/aromatic N) is 6. The summed E-state index contributed by atoms with van der Waals surface area (Å²) in [6.07, 6.45) is -1.47. The maximum atomic E-state index is 13.1. The van der Waals surface area contributed by atoms with Crippen molar-refractivity contribution in [2.24, 2.45) is 0 Å². The van der Waals surface area contributed by atoms with Crippen LogP contribution < -0.4 is 10.4 Å². The quantitative estimate of drug-likeness (QED) is 0.427. The largest absolute Gasteiger partial charge is 0.573 e. The van der Waals surface area contributed by atoms with E-state index in [9.17, 15) is 18.0 Å². The van der Waals surface area contributed by atoms with Crippen molar-refractivity contribution in [3.63, 3.8) is 0 Å². The van der Waals surface area contributed by atoms with E-state index in [1.165, 1.54) is 39.7 Å². The van der Waals surface area contributed by atoms with Crippen molar-refractivity contribution >= 4 is 16.7 Å². The fourth-order valence-electron chi connectivity index (χ4n) is 4.53. The molecule has 1 fully saturated rings. The second kappa shape index (κ2) is 8.93. The molecule has 2 unspecified atom stereocenters. The monoisotopic (exact) mass is 488 g/mol. The first-order chi connectivity index (χ1) is 16.7. The molecular formula is C23H23F3N6O3. The molecule has 0 N–H and O–H groups in total. The predicted octanol–water partition coefficient (Wildman–Crippen LogP) is 3.00. The minimum atomic E-state index is -4.77. The molecule has 9 nitrogen and oxygen atoms in total. The zero-order chi connectivity index (χ0) is 24.7. The number of hydrogen-bond donors (Lipinski definition) is 0. The van der Waals surface area contributed by atoms with Gasteiger partial charge in [-0.1, -0.05) is 12.1 Å². The van der Waals surface area contributed by atoms with Crippen molar-refractivity contribution in [2.45, 2.75) is 45.5 Å². The lowest BCUT2D eigenvalue weighted by Crippen LogP contribution is -2.44. The van der Waals surface area contributed by atoms with Crippen molar-refractivity contribution in [3.05, 3.63) is 64.5 Å². The highest BCUT2D eigenvalue weighted by Gasteiger charge is 2.31. The van der Waals surface area contributed by atoms with Crippen LogP contribution in [0.1, 0.15) is 25.0 Å². The third-order valence-electron chi connectivity index (χ3n) is 5.78. The Morgan fingerprint density at radius 1 is 1.03 bits per heavy atom. The van der Waals surface area contributed by atoms with Crippen LogP contribution in [0.25, 0.3) is 16.7 Å². The minimum Gasteiger partial charge on any atom is -0.406 e. The molecule has 1 aromatic carbocycles. The highest BCUT2D eigenvalue weighted by atomic mass is 19.4. The van der Waals surface area contributed by atoms with Gasteiger partial charge in [-0.15, -0.1) is 13.2 Å². The molecule has 4 heterocycles. The molecule has 2 atom stereocenters. The molecule has 3 aromatic heterocycles. The van der Waals surface area contributed by atoms with Crippen LogP contribution in [0.3, 0.4) is 0 Å². The van der Waals surface area contributed by atoms with Crippen LogP contribution >= 0.6 is 0 Å². The molecule has 0 bridgehead atoms. The molecule has 35 heavy (non-hydrogen) atoms. The van der Waals surface area contributed by atoms with Crippen molar-refractivity contribution in [2.75, 3.05) is 13.1 Å². The smallest absolute Gasteiger partial charge is 0.406 e. The summed E-state index contributed by atoms with van der Waals surface area (Å²) >= 11 is 0. The standard InChI is InChI=1S/C23H23F3N6O3/c1-14-9-30(10-15(2)34-14)11-17-7-19-20(27-8-17)31(22(33)32-21(19)28-13-29-32)12-16-3-5-18(6-4-16)35-23(24,25)26/h3-8,13-15H,9-12H2,1-2H3. The van der Waals surface area contributed by atoms with E-state index in [0.29, 0.717) is 28.8 Å². The van der Waals surface area contributed by atoms with E-state index in [4.69, 9.17) is 4.74 Å². The Balaban J connectivity index is 1.49. The molecule has 0 aliphatic carbocycles. The topological polar surface area (TPSA) is 86.8 Å². The molecule has 5 rings (SSSR count). The summed E-state index contributed by atoms with van der Waals surface area (Å²) < 4.78 is 49.7. The first-order valence-corrected chi connectivity index (χ1v) is 11.1. The molecule has 4 aromatic rings. The van der Waals surface area contributed by atoms with E-state index in [1.807, 2.05) is 19.9 Å². The van der Waals surface area contributed by atoms with E-state index in [0.717, 1.165) is 18.7 Å². The average molecular weight is 488 g/mol. The Morgan fingerprint density at radius 3 is 2.43 bits per heavy atom. The summed E-state index contributed by atoms with van der Waals surface area (Å²) in [5, 5.41) is 4.72. The number of halogens is 3. The van der Waals surface area contributed by atoms with E-state index in [1.54, 1.807) is 6.20 Å². The van der Waals surface area contributed by atoms with Gasteiger partial charge in [-0.25, -0.2) is 14.8 Å². The van der Waals surface area contributed by atoms with E-state index < -0.39 is 12.1 Å². The Kier molecular flexibility index (Phi) is 5.93. The normalized spacial score (nSPS) is 19.5. The highest BCUT2D eigenvalue weighted by molar-refractivity contribution is 5.89. The zero-order valence-corrected chi connectivity index (χ0v) is 19.1. The summed E-state index contributed by atoms with van der Waals surface area (Å²) in [6, 6.07) is 7.31. The number of ether oxygens (including phenoxy) is 2. The fraction of sp³-hybridized carbons (Fsp3) is 0.391. The molecule has 0 amide bonds. The molecule has 1 aliphatic heterocycles. The molecule has 12 heteroatoms. The average Bonchev–Trinajstić information content (AvgIpc) is 3.27. The van der Waals surface area contributed by atoms with Crippen molar-refractivity contribution in [3.8, 4) is 5.75 Å². The number of alkyl halides is 3. The SMILES string of the molecule is CC1CN(Cc2cnc3c(c2)c2ncnn2c(=O)n3Cc2ccc(OC(F)(F)F)cc2)CC(C)O1. The van der Waals surface area contributed by atoms with Crippen LogP contribution in [-0.2, 0) is 17.8 Å². The van der Waals surface area contributed by atoms with Crippen LogP contribution in [-0.4, -0.2) is 60.7 Å². The predicted molar refractivity (Wildman–Crippen MR) is 120 cm³/mol. The van der Waals surface area contributed by atoms with Gasteiger partial charge in [-0.05, 0) is 43.2 Å². The second-order valence-electron chi connectivity index (χ2n) is 8.72. The fourth-order valence-corrected chi connectivity index (χ4v) is 4.53. The molecule has 1 aliphatic rings. The third-order valence-corrected chi connectivity index (χ3v) is 5.78. The van der Waals surface area contributed by atoms with Gasteiger partial charge in [0.25, 0.3) is 0 Å². The van der Waals surface area contributed by atoms with Crippen molar-refractivity contribution in [1.29, 1.82) is 0 Å². The van der Waals surface area contributed by atoms with Gasteiger partial charge in [0.15, 0.2) is 5.65 Å². The van der Waals surface area contributed by atoms with E-state index in [2.05, 4.69) is 24.7 Å². The van der Waals surface area contributed by atoms with Crippen LogP contribution in [0.4, 0.5) is 13.2 Å². The molecule has 184 valence electrons. The Labute approximate surface area is 197 Å². The van der Waals surface area contributed by atoms with Crippen molar-refractivity contribution < 1.29 is 22.6 Å². The Morgan fingerprint density at radius 2 is 1.74 bits per heavy atom. The lowest BCUT2D eigenvalue weighted by Gasteiger charge is -2.35. The van der Waals surface area contributed by atoms with Gasteiger partial charge in [-0.3, -0.25) is 9.47 Å². The van der Waals surface area contributed by atoms with E-state index in [-0.39, 0.29) is 24.5 Å². The Bertz CT molecular complexity index is 1410. The number of morpholine rings is 1. The Hall–Kier alpha value is -3.51. The lowest BCUT2D eigenvalue weighted by molar-refractivity contribution is -0.274. The summed E-state index contributed by atoms with van der Waals surface area (Å²) in [7, 11) is 0. The van der Waals surface area contributed by atoms with Gasteiger partial charge < -0.3 is 9.47 Å². The lowest BCUT2D eigenvalue weighted by atomic mass is 10.1. The number of pyridine rings is 1. The number of aromatic nitrogens is 5. The number of hydrogen-bond acceptors (Lipinski definition) is 7. The third kappa shape index (κ3) is 4.98. The summed E-state index contributed by atoms with van der Waals surface area (Å²) in [4.78, 5) is 24.3. The molecule has 0 spiro atoms. The number of fused-ring (bicyclic) bond motifs is 3. The van der Waals surface area contributed by atoms with Gasteiger partial charge in [0.2, 0.25) is 0 Å². The molecular weight excluding hydrogens is 465 g/mol. The van der Waals surface area contributed by atoms with Crippen LogP contribution in [0.5, 0.6) is 5.75 Å². The first kappa shape index (κ1) is 23.2. The zero-order valence-electron chi connectivity index (χ0n) is 19.1. The van der Waals surface area contributed by atoms with Crippen LogP contribution in [0.15, 0.2) is 47.7 Å². The van der Waals surface area contributed by atoms with Crippen molar-refractivity contribution in [1.82, 2.24) is 29.0 Å². The summed E-state index contributed by atoms with van der Waals surface area (Å²) in [6.45, 7) is 6.44. The van der Waals surface area contributed by atoms with E-state index >= 15 is 0 Å². The van der Waals surface area contributed by atoms with Gasteiger partial charge in [0, 0.05) is 25.8 Å². The molecule has 1 saturated heterocycles. The second-order valence-corrected chi connectivity index (χ2v) is 8.72. The number of rotatable bonds is 5. The van der Waals surface area contributed by atoms with Crippen LogP contribution in [0, 0.1) is 0 Å². The van der Waals surface area contributed by atoms with Gasteiger partial charge in [0.05, 0.1) is 24.1 Å². The summed E-state index contributed by atoms with van der Waals surface area (Å²) in [5.41, 5.74) is 1.93. The first-order valence-electron chi connectivity index (χ1n) is 11.1. The van der Waals surface area contributed by atoms with Gasteiger partial charge >= 0.3 is 12.1 Å². The van der Waals surface area contributed by atoms with Gasteiger partial charge in [0.1, 0.15) is 17.7 Å². The maximum Gasteiger partial charge on any atom is 0.573 e. The minimum absolute atomic E-state index is 0.0856. The number of benzene rings is 1. The molecule has 0 radical (unpaired) electrons. The maximum absolute atomic E-state index is 13.1.